The van der Waals surface area contributed by atoms with Gasteiger partial charge in [0, 0.05) is 36.7 Å². The Kier molecular flexibility index (Phi) is 10.6. The number of nitrogens with one attached hydrogen (secondary N) is 3. The predicted octanol–water partition coefficient (Wildman–Crippen LogP) is 2.45. The van der Waals surface area contributed by atoms with Gasteiger partial charge >= 0.3 is 6.09 Å². The van der Waals surface area contributed by atoms with Crippen LogP contribution in [-0.4, -0.2) is 71.4 Å². The largest absolute Gasteiger partial charge is 0.444 e. The monoisotopic (exact) mass is 514 g/mol. The van der Waals surface area contributed by atoms with Crippen LogP contribution in [0.15, 0.2) is 10.8 Å². The Hall–Kier alpha value is -2.18. The van der Waals surface area contributed by atoms with Crippen LogP contribution in [0, 0.1) is 0 Å². The average molecular weight is 515 g/mol. The number of thiazole rings is 2. The van der Waals surface area contributed by atoms with E-state index < -0.39 is 11.7 Å². The Bertz CT molecular complexity index is 936. The van der Waals surface area contributed by atoms with Crippen molar-refractivity contribution in [1.29, 1.82) is 0 Å². The Labute approximate surface area is 205 Å². The molecule has 0 atom stereocenters. The van der Waals surface area contributed by atoms with Gasteiger partial charge < -0.3 is 20.7 Å². The molecule has 2 aromatic heterocycles. The number of carbonyl (C=O) groups excluding carboxylic acids is 3. The minimum Gasteiger partial charge on any atom is -0.444 e. The van der Waals surface area contributed by atoms with E-state index in [1.54, 1.807) is 26.2 Å². The third-order valence-corrected chi connectivity index (χ3v) is 6.85. The molecule has 2 aromatic rings. The van der Waals surface area contributed by atoms with Crippen molar-refractivity contribution < 1.29 is 19.1 Å². The third kappa shape index (κ3) is 10.5. The summed E-state index contributed by atoms with van der Waals surface area (Å²) in [6.07, 6.45) is 5.26. The van der Waals surface area contributed by atoms with Crippen molar-refractivity contribution in [3.05, 3.63) is 21.5 Å². The van der Waals surface area contributed by atoms with Crippen LogP contribution in [0.4, 0.5) is 4.79 Å². The fourth-order valence-electron chi connectivity index (χ4n) is 2.51. The summed E-state index contributed by atoms with van der Waals surface area (Å²) in [5, 5.41) is 13.2. The van der Waals surface area contributed by atoms with Crippen molar-refractivity contribution >= 4 is 51.5 Å². The molecule has 12 heteroatoms. The standard InChI is InChI=1S/C21H31N5O4S3/c1-21(2,3)30-20(29)24-11-16(27)22-9-7-17-25-15(13-31-17)19-26-14(12-32-19)18(28)23-8-6-10-33(4)5/h12-13H,6-11H2,1-5H3,(H2-,22,23,24,27,28,29)/p+1. The molecule has 33 heavy (non-hydrogen) atoms. The number of rotatable bonds is 11. The Morgan fingerprint density at radius 2 is 1.79 bits per heavy atom. The minimum atomic E-state index is -0.630. The molecule has 0 aromatic carbocycles. The highest BCUT2D eigenvalue weighted by atomic mass is 32.2. The highest BCUT2D eigenvalue weighted by molar-refractivity contribution is 7.95. The van der Waals surface area contributed by atoms with Gasteiger partial charge in [0.25, 0.3) is 5.91 Å². The molecule has 0 aliphatic rings. The lowest BCUT2D eigenvalue weighted by Gasteiger charge is -2.19. The Morgan fingerprint density at radius 1 is 1.03 bits per heavy atom. The quantitative estimate of drug-likeness (QED) is 0.313. The molecule has 0 aliphatic carbocycles. The van der Waals surface area contributed by atoms with E-state index in [0.29, 0.717) is 41.1 Å². The molecule has 3 N–H and O–H groups in total. The zero-order chi connectivity index (χ0) is 24.4. The topological polar surface area (TPSA) is 122 Å². The summed E-state index contributed by atoms with van der Waals surface area (Å²) in [5.74, 6) is 0.634. The van der Waals surface area contributed by atoms with Crippen molar-refractivity contribution in [1.82, 2.24) is 25.9 Å². The molecule has 0 radical (unpaired) electrons. The van der Waals surface area contributed by atoms with Crippen molar-refractivity contribution in [2.75, 3.05) is 37.9 Å². The SMILES string of the molecule is C[S+](C)CCCNC(=O)c1csc(-c2csc(CCNC(=O)CNC(=O)OC(C)(C)C)n2)n1. The van der Waals surface area contributed by atoms with E-state index in [0.717, 1.165) is 22.9 Å². The van der Waals surface area contributed by atoms with Gasteiger partial charge in [-0.1, -0.05) is 0 Å². The maximum atomic E-state index is 12.3. The van der Waals surface area contributed by atoms with Crippen LogP contribution in [-0.2, 0) is 26.8 Å². The van der Waals surface area contributed by atoms with Crippen molar-refractivity contribution in [2.24, 2.45) is 0 Å². The summed E-state index contributed by atoms with van der Waals surface area (Å²) in [4.78, 5) is 44.7. The molecule has 0 bridgehead atoms. The second-order valence-electron chi connectivity index (χ2n) is 8.42. The summed E-state index contributed by atoms with van der Waals surface area (Å²) in [6, 6.07) is 0. The number of hydrogen-bond donors (Lipinski definition) is 3. The number of amides is 3. The molecule has 0 unspecified atom stereocenters. The van der Waals surface area contributed by atoms with E-state index in [-0.39, 0.29) is 18.4 Å². The smallest absolute Gasteiger partial charge is 0.408 e. The van der Waals surface area contributed by atoms with E-state index in [1.807, 2.05) is 5.38 Å². The molecule has 0 saturated heterocycles. The van der Waals surface area contributed by atoms with E-state index >= 15 is 0 Å². The summed E-state index contributed by atoms with van der Waals surface area (Å²) in [5.41, 5.74) is 0.512. The lowest BCUT2D eigenvalue weighted by atomic mass is 10.2. The van der Waals surface area contributed by atoms with Crippen LogP contribution in [0.2, 0.25) is 0 Å². The zero-order valence-electron chi connectivity index (χ0n) is 19.6. The summed E-state index contributed by atoms with van der Waals surface area (Å²) >= 11 is 2.85. The summed E-state index contributed by atoms with van der Waals surface area (Å²) in [7, 11) is 0.378. The van der Waals surface area contributed by atoms with Crippen LogP contribution in [0.1, 0.15) is 42.7 Å². The molecular weight excluding hydrogens is 482 g/mol. The number of alkyl carbamates (subject to hydrolysis) is 1. The van der Waals surface area contributed by atoms with E-state index in [2.05, 4.69) is 38.4 Å². The predicted molar refractivity (Wildman–Crippen MR) is 135 cm³/mol. The molecule has 3 amide bonds. The zero-order valence-corrected chi connectivity index (χ0v) is 22.1. The molecule has 0 saturated carbocycles. The number of hydrogen-bond acceptors (Lipinski definition) is 8. The Morgan fingerprint density at radius 3 is 2.48 bits per heavy atom. The van der Waals surface area contributed by atoms with Gasteiger partial charge in [-0.05, 0) is 31.7 Å². The van der Waals surface area contributed by atoms with Crippen molar-refractivity contribution in [2.45, 2.75) is 39.2 Å². The lowest BCUT2D eigenvalue weighted by molar-refractivity contribution is -0.120. The van der Waals surface area contributed by atoms with Crippen LogP contribution in [0.3, 0.4) is 0 Å². The fourth-order valence-corrected chi connectivity index (χ4v) is 4.85. The molecule has 9 nitrogen and oxygen atoms in total. The molecule has 182 valence electrons. The molecule has 2 rings (SSSR count). The summed E-state index contributed by atoms with van der Waals surface area (Å²) < 4.78 is 5.09. The highest BCUT2D eigenvalue weighted by Crippen LogP contribution is 2.25. The molecule has 2 heterocycles. The van der Waals surface area contributed by atoms with Crippen molar-refractivity contribution in [3.8, 4) is 10.7 Å². The highest BCUT2D eigenvalue weighted by Gasteiger charge is 2.17. The van der Waals surface area contributed by atoms with Gasteiger partial charge in [0.05, 0.1) is 24.1 Å². The first-order chi connectivity index (χ1) is 15.5. The lowest BCUT2D eigenvalue weighted by Crippen LogP contribution is -2.40. The van der Waals surface area contributed by atoms with E-state index in [9.17, 15) is 14.4 Å². The maximum absolute atomic E-state index is 12.3. The minimum absolute atomic E-state index is 0.153. The van der Waals surface area contributed by atoms with Crippen LogP contribution in [0.5, 0.6) is 0 Å². The normalized spacial score (nSPS) is 11.3. The van der Waals surface area contributed by atoms with Crippen LogP contribution < -0.4 is 16.0 Å². The van der Waals surface area contributed by atoms with Crippen LogP contribution in [0.25, 0.3) is 10.7 Å². The first-order valence-electron chi connectivity index (χ1n) is 10.5. The number of nitrogens with zero attached hydrogens (tertiary/aromatic N) is 2. The second-order valence-corrected chi connectivity index (χ2v) is 12.6. The van der Waals surface area contributed by atoms with E-state index in [1.165, 1.54) is 22.7 Å². The number of carbonyl (C=O) groups is 3. The Balaban J connectivity index is 1.74. The fraction of sp³-hybridized carbons (Fsp3) is 0.571. The van der Waals surface area contributed by atoms with Crippen molar-refractivity contribution in [3.63, 3.8) is 0 Å². The van der Waals surface area contributed by atoms with Gasteiger partial charge in [-0.25, -0.2) is 14.8 Å². The first-order valence-corrected chi connectivity index (χ1v) is 14.5. The van der Waals surface area contributed by atoms with Gasteiger partial charge in [-0.15, -0.1) is 22.7 Å². The molecule has 0 fully saturated rings. The second kappa shape index (κ2) is 12.9. The van der Waals surface area contributed by atoms with Crippen LogP contribution >= 0.6 is 22.7 Å². The van der Waals surface area contributed by atoms with Gasteiger partial charge in [0.1, 0.15) is 27.7 Å². The number of ether oxygens (including phenoxy) is 1. The first kappa shape index (κ1) is 27.1. The maximum Gasteiger partial charge on any atom is 0.408 e. The van der Waals surface area contributed by atoms with E-state index in [4.69, 9.17) is 4.74 Å². The molecular formula is C21H32N5O4S3+. The third-order valence-electron chi connectivity index (χ3n) is 3.98. The van der Waals surface area contributed by atoms with Gasteiger partial charge in [0.15, 0.2) is 0 Å². The van der Waals surface area contributed by atoms with Gasteiger partial charge in [-0.3, -0.25) is 9.59 Å². The van der Waals surface area contributed by atoms with Gasteiger partial charge in [-0.2, -0.15) is 0 Å². The average Bonchev–Trinajstić information content (AvgIpc) is 3.37. The van der Waals surface area contributed by atoms with Gasteiger partial charge in [0.2, 0.25) is 5.91 Å². The number of aromatic nitrogens is 2. The molecule has 0 aliphatic heterocycles. The molecule has 0 spiro atoms. The summed E-state index contributed by atoms with van der Waals surface area (Å²) in [6.45, 7) is 6.16.